The number of ether oxygens (including phenoxy) is 1. The van der Waals surface area contributed by atoms with Crippen molar-refractivity contribution in [2.45, 2.75) is 97.9 Å². The molecular formula is C27H42O4. The lowest BCUT2D eigenvalue weighted by atomic mass is 9.89. The van der Waals surface area contributed by atoms with Crippen LogP contribution in [0.15, 0.2) is 23.8 Å². The molecule has 0 spiro atoms. The highest BCUT2D eigenvalue weighted by Crippen LogP contribution is 2.50. The van der Waals surface area contributed by atoms with Gasteiger partial charge in [-0.2, -0.15) is 0 Å². The molecule has 7 atom stereocenters. The van der Waals surface area contributed by atoms with Gasteiger partial charge in [0.15, 0.2) is 0 Å². The Labute approximate surface area is 189 Å². The summed E-state index contributed by atoms with van der Waals surface area (Å²) in [6, 6.07) is 0. The third kappa shape index (κ3) is 7.81. The zero-order valence-electron chi connectivity index (χ0n) is 20.0. The van der Waals surface area contributed by atoms with Crippen molar-refractivity contribution in [3.63, 3.8) is 0 Å². The van der Waals surface area contributed by atoms with E-state index in [9.17, 15) is 15.0 Å². The lowest BCUT2D eigenvalue weighted by molar-refractivity contribution is -0.150. The van der Waals surface area contributed by atoms with E-state index in [2.05, 4.69) is 31.8 Å². The maximum absolute atomic E-state index is 11.9. The molecule has 2 N–H and O–H groups in total. The first-order valence-electron chi connectivity index (χ1n) is 12.0. The predicted octanol–water partition coefficient (Wildman–Crippen LogP) is 5.04. The van der Waals surface area contributed by atoms with E-state index in [4.69, 9.17) is 4.74 Å². The molecule has 174 valence electrons. The summed E-state index contributed by atoms with van der Waals surface area (Å²) in [5.41, 5.74) is 1.45. The number of hydrogen-bond donors (Lipinski definition) is 2. The summed E-state index contributed by atoms with van der Waals surface area (Å²) >= 11 is 0. The molecule has 2 rings (SSSR count). The van der Waals surface area contributed by atoms with E-state index >= 15 is 0 Å². The third-order valence-corrected chi connectivity index (χ3v) is 7.10. The van der Waals surface area contributed by atoms with Crippen LogP contribution in [-0.2, 0) is 9.53 Å². The summed E-state index contributed by atoms with van der Waals surface area (Å²) in [7, 11) is 0. The minimum Gasteiger partial charge on any atom is -0.462 e. The quantitative estimate of drug-likeness (QED) is 0.220. The van der Waals surface area contributed by atoms with Crippen molar-refractivity contribution in [2.75, 3.05) is 0 Å². The number of aliphatic hydroxyl groups excluding tert-OH is 2. The minimum absolute atomic E-state index is 0.0300. The van der Waals surface area contributed by atoms with Gasteiger partial charge in [-0.3, -0.25) is 4.79 Å². The predicted molar refractivity (Wildman–Crippen MR) is 125 cm³/mol. The van der Waals surface area contributed by atoms with Crippen LogP contribution in [0, 0.1) is 41.4 Å². The van der Waals surface area contributed by atoms with Crippen LogP contribution < -0.4 is 0 Å². The van der Waals surface area contributed by atoms with Gasteiger partial charge < -0.3 is 14.9 Å². The number of aliphatic hydroxyl groups is 2. The van der Waals surface area contributed by atoms with Crippen LogP contribution in [0.4, 0.5) is 0 Å². The second kappa shape index (κ2) is 12.5. The molecule has 0 aromatic rings. The van der Waals surface area contributed by atoms with Gasteiger partial charge in [0.05, 0.1) is 12.2 Å². The number of carbonyl (C=O) groups is 1. The van der Waals surface area contributed by atoms with Crippen molar-refractivity contribution in [3.8, 4) is 11.8 Å². The zero-order chi connectivity index (χ0) is 23.0. The van der Waals surface area contributed by atoms with Gasteiger partial charge in [-0.05, 0) is 69.6 Å². The maximum atomic E-state index is 11.9. The average molecular weight is 431 g/mol. The molecule has 31 heavy (non-hydrogen) atoms. The Morgan fingerprint density at radius 3 is 2.68 bits per heavy atom. The van der Waals surface area contributed by atoms with Crippen LogP contribution in [-0.4, -0.2) is 34.5 Å². The monoisotopic (exact) mass is 430 g/mol. The Morgan fingerprint density at radius 1 is 1.26 bits per heavy atom. The van der Waals surface area contributed by atoms with Crippen molar-refractivity contribution in [1.29, 1.82) is 0 Å². The van der Waals surface area contributed by atoms with E-state index < -0.39 is 6.10 Å². The third-order valence-electron chi connectivity index (χ3n) is 7.10. The van der Waals surface area contributed by atoms with E-state index in [1.807, 2.05) is 32.9 Å². The molecule has 4 heteroatoms. The van der Waals surface area contributed by atoms with Gasteiger partial charge in [-0.25, -0.2) is 0 Å². The first kappa shape index (κ1) is 25.7. The highest BCUT2D eigenvalue weighted by Gasteiger charge is 2.44. The molecule has 0 bridgehead atoms. The largest absolute Gasteiger partial charge is 0.462 e. The number of carbonyl (C=O) groups excluding carboxylic acids is 1. The van der Waals surface area contributed by atoms with Crippen molar-refractivity contribution in [1.82, 2.24) is 0 Å². The summed E-state index contributed by atoms with van der Waals surface area (Å²) < 4.78 is 5.43. The standard InChI is InChI=1S/C27H42O4/c1-6-7-10-19(4)25(28)14-13-23-24-16-21(15-22(24)17-26(23)29)11-8-9-12-27(30)31-20(5)18(2)3/h11,13-14,18-20,22-26,28-29H,8-10,12,15-17H2,1-5H3/b14-13+,21-11+/t19?,20-,22-,23+,24-,25+,26+/m0/s1. The molecule has 0 aromatic carbocycles. The number of hydrogen-bond acceptors (Lipinski definition) is 4. The van der Waals surface area contributed by atoms with E-state index in [1.54, 1.807) is 0 Å². The molecule has 0 aliphatic heterocycles. The van der Waals surface area contributed by atoms with Gasteiger partial charge in [0, 0.05) is 18.8 Å². The van der Waals surface area contributed by atoms with Crippen molar-refractivity contribution in [3.05, 3.63) is 23.8 Å². The first-order chi connectivity index (χ1) is 14.7. The minimum atomic E-state index is -0.526. The number of rotatable bonds is 10. The van der Waals surface area contributed by atoms with Gasteiger partial charge in [0.25, 0.3) is 0 Å². The van der Waals surface area contributed by atoms with Crippen LogP contribution in [0.25, 0.3) is 0 Å². The Kier molecular flexibility index (Phi) is 10.3. The van der Waals surface area contributed by atoms with E-state index in [-0.39, 0.29) is 30.0 Å². The van der Waals surface area contributed by atoms with Gasteiger partial charge in [-0.1, -0.05) is 44.6 Å². The van der Waals surface area contributed by atoms with Crippen LogP contribution in [0.5, 0.6) is 0 Å². The van der Waals surface area contributed by atoms with E-state index in [1.165, 1.54) is 5.57 Å². The fourth-order valence-electron chi connectivity index (χ4n) is 4.71. The lowest BCUT2D eigenvalue weighted by Gasteiger charge is -2.19. The molecule has 0 radical (unpaired) electrons. The SMILES string of the molecule is CC#CCC(C)[C@H](O)/C=C/[C@@H]1[C@H]2C/C(=C/CCCC(=O)O[C@@H](C)C(C)C)C[C@H]2C[C@H]1O. The Bertz CT molecular complexity index is 696. The number of fused-ring (bicyclic) bond motifs is 1. The summed E-state index contributed by atoms with van der Waals surface area (Å²) in [4.78, 5) is 11.9. The number of allylic oxidation sites excluding steroid dienone is 2. The van der Waals surface area contributed by atoms with Crippen molar-refractivity contribution >= 4 is 5.97 Å². The van der Waals surface area contributed by atoms with Crippen LogP contribution in [0.3, 0.4) is 0 Å². The lowest BCUT2D eigenvalue weighted by Crippen LogP contribution is -2.19. The molecule has 1 unspecified atom stereocenters. The fraction of sp³-hybridized carbons (Fsp3) is 0.741. The number of unbranched alkanes of at least 4 members (excludes halogenated alkanes) is 1. The van der Waals surface area contributed by atoms with Crippen molar-refractivity contribution in [2.24, 2.45) is 29.6 Å². The molecule has 4 nitrogen and oxygen atoms in total. The number of esters is 1. The van der Waals surface area contributed by atoms with Gasteiger partial charge in [-0.15, -0.1) is 11.8 Å². The van der Waals surface area contributed by atoms with Crippen LogP contribution in [0.2, 0.25) is 0 Å². The van der Waals surface area contributed by atoms with Gasteiger partial charge in [0.1, 0.15) is 6.10 Å². The van der Waals surface area contributed by atoms with Crippen molar-refractivity contribution < 1.29 is 19.7 Å². The summed E-state index contributed by atoms with van der Waals surface area (Å²) in [5, 5.41) is 20.9. The van der Waals surface area contributed by atoms with Crippen LogP contribution >= 0.6 is 0 Å². The molecule has 2 aliphatic rings. The highest BCUT2D eigenvalue weighted by molar-refractivity contribution is 5.69. The van der Waals surface area contributed by atoms with Gasteiger partial charge in [0.2, 0.25) is 0 Å². The topological polar surface area (TPSA) is 66.8 Å². The normalized spacial score (nSPS) is 29.6. The zero-order valence-corrected chi connectivity index (χ0v) is 20.0. The fourth-order valence-corrected chi connectivity index (χ4v) is 4.71. The second-order valence-corrected chi connectivity index (χ2v) is 9.89. The molecule has 0 heterocycles. The van der Waals surface area contributed by atoms with E-state index in [0.29, 0.717) is 30.6 Å². The first-order valence-corrected chi connectivity index (χ1v) is 12.0. The molecule has 0 saturated heterocycles. The molecule has 2 saturated carbocycles. The Morgan fingerprint density at radius 2 is 2.00 bits per heavy atom. The highest BCUT2D eigenvalue weighted by atomic mass is 16.5. The molecule has 2 aliphatic carbocycles. The summed E-state index contributed by atoms with van der Waals surface area (Å²) in [6.45, 7) is 9.87. The summed E-state index contributed by atoms with van der Waals surface area (Å²) in [6.07, 6.45) is 11.1. The van der Waals surface area contributed by atoms with Crippen LogP contribution in [0.1, 0.15) is 79.6 Å². The molecule has 0 amide bonds. The molecular weight excluding hydrogens is 388 g/mol. The Hall–Kier alpha value is -1.57. The second-order valence-electron chi connectivity index (χ2n) is 9.89. The summed E-state index contributed by atoms with van der Waals surface area (Å²) in [5.74, 6) is 7.32. The molecule has 0 aromatic heterocycles. The Balaban J connectivity index is 1.81. The smallest absolute Gasteiger partial charge is 0.306 e. The average Bonchev–Trinajstić information content (AvgIpc) is 3.23. The van der Waals surface area contributed by atoms with Gasteiger partial charge >= 0.3 is 5.97 Å². The molecule has 2 fully saturated rings. The van der Waals surface area contributed by atoms with E-state index in [0.717, 1.165) is 32.1 Å². The maximum Gasteiger partial charge on any atom is 0.306 e.